The molecule has 0 atom stereocenters. The van der Waals surface area contributed by atoms with E-state index < -0.39 is 0 Å². The molecule has 142 valence electrons. The first-order valence-electron chi connectivity index (χ1n) is 10.0. The van der Waals surface area contributed by atoms with E-state index in [0.717, 1.165) is 31.9 Å². The van der Waals surface area contributed by atoms with Crippen LogP contribution in [0.2, 0.25) is 0 Å². The smallest absolute Gasteiger partial charge is 0.272 e. The minimum atomic E-state index is 0.0361. The fourth-order valence-electron chi connectivity index (χ4n) is 4.10. The zero-order valence-corrected chi connectivity index (χ0v) is 16.0. The van der Waals surface area contributed by atoms with Crippen molar-refractivity contribution in [1.29, 1.82) is 0 Å². The number of hydrogen-bond acceptors (Lipinski definition) is 4. The number of hydrogen-bond donors (Lipinski definition) is 1. The molecule has 0 radical (unpaired) electrons. The Morgan fingerprint density at radius 1 is 1.07 bits per heavy atom. The lowest BCUT2D eigenvalue weighted by Crippen LogP contribution is -2.49. The topological polar surface area (TPSA) is 48.5 Å². The van der Waals surface area contributed by atoms with Crippen LogP contribution in [0, 0.1) is 6.92 Å². The van der Waals surface area contributed by atoms with E-state index in [1.165, 1.54) is 36.9 Å². The number of anilines is 2. The fourth-order valence-corrected chi connectivity index (χ4v) is 4.10. The van der Waals surface area contributed by atoms with Gasteiger partial charge in [-0.2, -0.15) is 0 Å². The standard InChI is InChI=1S/C22H28N4O/c1-17-5-4-8-20(15-17)25-11-13-26(14-12-25)22(27)21-16-19(9-10-23-21)24-18-6-2-3-7-18/h4-5,8-10,15-16,18H,2-3,6-7,11-14H2,1H3,(H,23,24). The van der Waals surface area contributed by atoms with Crippen molar-refractivity contribution in [2.75, 3.05) is 36.4 Å². The predicted molar refractivity (Wildman–Crippen MR) is 109 cm³/mol. The summed E-state index contributed by atoms with van der Waals surface area (Å²) in [5.41, 5.74) is 4.06. The second kappa shape index (κ2) is 7.99. The molecule has 2 fully saturated rings. The summed E-state index contributed by atoms with van der Waals surface area (Å²) in [6.45, 7) is 5.29. The number of nitrogens with one attached hydrogen (secondary N) is 1. The van der Waals surface area contributed by atoms with Crippen molar-refractivity contribution in [3.8, 4) is 0 Å². The molecular formula is C22H28N4O. The highest BCUT2D eigenvalue weighted by Crippen LogP contribution is 2.23. The van der Waals surface area contributed by atoms with E-state index in [0.29, 0.717) is 11.7 Å². The molecule has 1 aromatic carbocycles. The summed E-state index contributed by atoms with van der Waals surface area (Å²) in [5.74, 6) is 0.0361. The predicted octanol–water partition coefficient (Wildman–Crippen LogP) is 3.71. The van der Waals surface area contributed by atoms with Crippen LogP contribution in [0.15, 0.2) is 42.6 Å². The molecule has 1 aromatic heterocycles. The summed E-state index contributed by atoms with van der Waals surface area (Å²) in [6.07, 6.45) is 6.76. The molecule has 1 amide bonds. The average molecular weight is 364 g/mol. The number of piperazine rings is 1. The van der Waals surface area contributed by atoms with Crippen molar-refractivity contribution in [1.82, 2.24) is 9.88 Å². The molecule has 0 bridgehead atoms. The second-order valence-electron chi connectivity index (χ2n) is 7.67. The number of aromatic nitrogens is 1. The van der Waals surface area contributed by atoms with Crippen LogP contribution in [0.1, 0.15) is 41.7 Å². The molecule has 1 aliphatic heterocycles. The molecule has 1 N–H and O–H groups in total. The maximum atomic E-state index is 12.9. The van der Waals surface area contributed by atoms with Crippen LogP contribution in [-0.4, -0.2) is 48.0 Å². The Bertz CT molecular complexity index is 792. The Labute approximate surface area is 161 Å². The van der Waals surface area contributed by atoms with Gasteiger partial charge < -0.3 is 15.1 Å². The van der Waals surface area contributed by atoms with Gasteiger partial charge in [-0.25, -0.2) is 0 Å². The molecule has 2 aliphatic rings. The van der Waals surface area contributed by atoms with Gasteiger partial charge in [0.1, 0.15) is 5.69 Å². The van der Waals surface area contributed by atoms with Gasteiger partial charge in [0.25, 0.3) is 5.91 Å². The number of pyridine rings is 1. The Hall–Kier alpha value is -2.56. The van der Waals surface area contributed by atoms with Gasteiger partial charge in [0, 0.05) is 49.8 Å². The van der Waals surface area contributed by atoms with Crippen LogP contribution in [0.5, 0.6) is 0 Å². The van der Waals surface area contributed by atoms with E-state index in [9.17, 15) is 4.79 Å². The highest BCUT2D eigenvalue weighted by atomic mass is 16.2. The van der Waals surface area contributed by atoms with Crippen molar-refractivity contribution in [2.45, 2.75) is 38.6 Å². The highest BCUT2D eigenvalue weighted by Gasteiger charge is 2.23. The Morgan fingerprint density at radius 3 is 2.59 bits per heavy atom. The number of amides is 1. The minimum absolute atomic E-state index is 0.0361. The lowest BCUT2D eigenvalue weighted by molar-refractivity contribution is 0.0741. The first-order valence-corrected chi connectivity index (χ1v) is 10.0. The van der Waals surface area contributed by atoms with Gasteiger partial charge in [0.05, 0.1) is 0 Å². The Kier molecular flexibility index (Phi) is 5.28. The van der Waals surface area contributed by atoms with Crippen LogP contribution in [0.4, 0.5) is 11.4 Å². The maximum Gasteiger partial charge on any atom is 0.272 e. The van der Waals surface area contributed by atoms with Crippen LogP contribution in [0.25, 0.3) is 0 Å². The van der Waals surface area contributed by atoms with E-state index in [2.05, 4.69) is 46.4 Å². The first kappa shape index (κ1) is 17.8. The summed E-state index contributed by atoms with van der Waals surface area (Å²) in [4.78, 5) is 21.5. The summed E-state index contributed by atoms with van der Waals surface area (Å²) < 4.78 is 0. The molecule has 1 saturated heterocycles. The molecule has 5 heteroatoms. The molecule has 5 nitrogen and oxygen atoms in total. The largest absolute Gasteiger partial charge is 0.382 e. The summed E-state index contributed by atoms with van der Waals surface area (Å²) in [7, 11) is 0. The summed E-state index contributed by atoms with van der Waals surface area (Å²) in [6, 6.07) is 13.0. The van der Waals surface area contributed by atoms with Gasteiger partial charge in [-0.3, -0.25) is 9.78 Å². The minimum Gasteiger partial charge on any atom is -0.382 e. The third kappa shape index (κ3) is 4.24. The number of nitrogens with zero attached hydrogens (tertiary/aromatic N) is 3. The highest BCUT2D eigenvalue weighted by molar-refractivity contribution is 5.93. The maximum absolute atomic E-state index is 12.9. The molecule has 0 unspecified atom stereocenters. The lowest BCUT2D eigenvalue weighted by atomic mass is 10.2. The molecule has 2 aromatic rings. The van der Waals surface area contributed by atoms with Crippen LogP contribution >= 0.6 is 0 Å². The molecule has 27 heavy (non-hydrogen) atoms. The van der Waals surface area contributed by atoms with Crippen molar-refractivity contribution in [2.24, 2.45) is 0 Å². The van der Waals surface area contributed by atoms with E-state index >= 15 is 0 Å². The normalized spacial score (nSPS) is 18.0. The number of benzene rings is 1. The zero-order valence-electron chi connectivity index (χ0n) is 16.0. The quantitative estimate of drug-likeness (QED) is 0.899. The van der Waals surface area contributed by atoms with Gasteiger partial charge in [-0.1, -0.05) is 25.0 Å². The number of aryl methyl sites for hydroxylation is 1. The molecule has 2 heterocycles. The van der Waals surface area contributed by atoms with Crippen LogP contribution in [-0.2, 0) is 0 Å². The third-order valence-corrected chi connectivity index (χ3v) is 5.64. The van der Waals surface area contributed by atoms with E-state index in [-0.39, 0.29) is 5.91 Å². The van der Waals surface area contributed by atoms with E-state index in [4.69, 9.17) is 0 Å². The second-order valence-corrected chi connectivity index (χ2v) is 7.67. The Morgan fingerprint density at radius 2 is 1.85 bits per heavy atom. The van der Waals surface area contributed by atoms with Gasteiger partial charge in [0.15, 0.2) is 0 Å². The van der Waals surface area contributed by atoms with E-state index in [1.54, 1.807) is 6.20 Å². The molecule has 1 saturated carbocycles. The SMILES string of the molecule is Cc1cccc(N2CCN(C(=O)c3cc(NC4CCCC4)ccn3)CC2)c1. The number of rotatable bonds is 4. The molecule has 4 rings (SSSR count). The van der Waals surface area contributed by atoms with Crippen LogP contribution in [0.3, 0.4) is 0 Å². The lowest BCUT2D eigenvalue weighted by Gasteiger charge is -2.36. The van der Waals surface area contributed by atoms with Crippen molar-refractivity contribution in [3.63, 3.8) is 0 Å². The Balaban J connectivity index is 1.37. The number of carbonyl (C=O) groups is 1. The van der Waals surface area contributed by atoms with Crippen molar-refractivity contribution in [3.05, 3.63) is 53.9 Å². The summed E-state index contributed by atoms with van der Waals surface area (Å²) in [5, 5.41) is 3.55. The van der Waals surface area contributed by atoms with Gasteiger partial charge in [-0.15, -0.1) is 0 Å². The fraction of sp³-hybridized carbons (Fsp3) is 0.455. The van der Waals surface area contributed by atoms with Gasteiger partial charge in [0.2, 0.25) is 0 Å². The summed E-state index contributed by atoms with van der Waals surface area (Å²) >= 11 is 0. The van der Waals surface area contributed by atoms with Crippen LogP contribution < -0.4 is 10.2 Å². The molecule has 0 spiro atoms. The van der Waals surface area contributed by atoms with Crippen molar-refractivity contribution < 1.29 is 4.79 Å². The number of carbonyl (C=O) groups excluding carboxylic acids is 1. The van der Waals surface area contributed by atoms with Gasteiger partial charge >= 0.3 is 0 Å². The molecule has 1 aliphatic carbocycles. The average Bonchev–Trinajstić information content (AvgIpc) is 3.21. The van der Waals surface area contributed by atoms with Gasteiger partial charge in [-0.05, 0) is 49.6 Å². The monoisotopic (exact) mass is 364 g/mol. The third-order valence-electron chi connectivity index (χ3n) is 5.64. The first-order chi connectivity index (χ1) is 13.2. The molecular weight excluding hydrogens is 336 g/mol. The van der Waals surface area contributed by atoms with Crippen molar-refractivity contribution >= 4 is 17.3 Å². The van der Waals surface area contributed by atoms with E-state index in [1.807, 2.05) is 17.0 Å². The zero-order chi connectivity index (χ0) is 18.6.